The maximum absolute atomic E-state index is 10.9. The van der Waals surface area contributed by atoms with Crippen molar-refractivity contribution < 1.29 is 18.0 Å². The smallest absolute Gasteiger partial charge is 0.260 e. The van der Waals surface area contributed by atoms with E-state index < -0.39 is 21.7 Å². The summed E-state index contributed by atoms with van der Waals surface area (Å²) < 4.78 is 21.7. The van der Waals surface area contributed by atoms with Crippen molar-refractivity contribution in [2.24, 2.45) is 10.9 Å². The van der Waals surface area contributed by atoms with Crippen LogP contribution in [0.2, 0.25) is 0 Å². The number of sulfone groups is 1. The summed E-state index contributed by atoms with van der Waals surface area (Å²) in [6.07, 6.45) is 1.37. The maximum atomic E-state index is 10.9. The van der Waals surface area contributed by atoms with Crippen LogP contribution in [0.15, 0.2) is 4.99 Å². The normalized spacial score (nSPS) is 26.2. The number of carbonyl (C=O) groups excluding carboxylic acids is 2. The van der Waals surface area contributed by atoms with Crippen LogP contribution in [0.1, 0.15) is 6.42 Å². The van der Waals surface area contributed by atoms with Gasteiger partial charge >= 0.3 is 0 Å². The van der Waals surface area contributed by atoms with Gasteiger partial charge < -0.3 is 0 Å². The van der Waals surface area contributed by atoms with E-state index in [0.29, 0.717) is 0 Å². The van der Waals surface area contributed by atoms with E-state index >= 15 is 0 Å². The average molecular weight is 189 g/mol. The Morgan fingerprint density at radius 3 is 2.58 bits per heavy atom. The highest BCUT2D eigenvalue weighted by Gasteiger charge is 2.32. The quantitative estimate of drug-likeness (QED) is 0.403. The summed E-state index contributed by atoms with van der Waals surface area (Å²) in [7, 11) is -3.07. The third kappa shape index (κ3) is 1.99. The number of rotatable bonds is 1. The summed E-state index contributed by atoms with van der Waals surface area (Å²) in [5.41, 5.74) is 0. The van der Waals surface area contributed by atoms with Crippen molar-refractivity contribution in [1.82, 2.24) is 0 Å². The van der Waals surface area contributed by atoms with Gasteiger partial charge in [-0.1, -0.05) is 0 Å². The van der Waals surface area contributed by atoms with Crippen LogP contribution >= 0.6 is 0 Å². The van der Waals surface area contributed by atoms with E-state index in [2.05, 4.69) is 4.99 Å². The van der Waals surface area contributed by atoms with Crippen LogP contribution in [0, 0.1) is 5.92 Å². The molecule has 5 nitrogen and oxygen atoms in total. The van der Waals surface area contributed by atoms with E-state index in [1.54, 1.807) is 0 Å². The fourth-order valence-corrected chi connectivity index (χ4v) is 2.86. The molecule has 1 rings (SSSR count). The highest BCUT2D eigenvalue weighted by Crippen LogP contribution is 2.19. The van der Waals surface area contributed by atoms with Crippen LogP contribution in [-0.2, 0) is 19.4 Å². The lowest BCUT2D eigenvalue weighted by molar-refractivity contribution is -0.120. The lowest BCUT2D eigenvalue weighted by atomic mass is 10.1. The highest BCUT2D eigenvalue weighted by atomic mass is 32.2. The van der Waals surface area contributed by atoms with Crippen LogP contribution in [0.4, 0.5) is 0 Å². The Bertz CT molecular complexity index is 339. The predicted octanol–water partition coefficient (Wildman–Crippen LogP) is -0.717. The predicted molar refractivity (Wildman–Crippen MR) is 39.9 cm³/mol. The number of amides is 1. The van der Waals surface area contributed by atoms with Crippen LogP contribution in [0.5, 0.6) is 0 Å². The van der Waals surface area contributed by atoms with Gasteiger partial charge in [0.2, 0.25) is 6.08 Å². The van der Waals surface area contributed by atoms with Gasteiger partial charge in [0.25, 0.3) is 5.91 Å². The molecule has 1 heterocycles. The Hall–Kier alpha value is -1.00. The average Bonchev–Trinajstić information content (AvgIpc) is 2.31. The molecule has 0 saturated carbocycles. The van der Waals surface area contributed by atoms with Crippen molar-refractivity contribution in [1.29, 1.82) is 0 Å². The summed E-state index contributed by atoms with van der Waals surface area (Å²) >= 11 is 0. The maximum Gasteiger partial charge on any atom is 0.260 e. The van der Waals surface area contributed by atoms with Gasteiger partial charge in [-0.3, -0.25) is 4.79 Å². The minimum absolute atomic E-state index is 0.0117. The first-order valence-electron chi connectivity index (χ1n) is 3.37. The van der Waals surface area contributed by atoms with Gasteiger partial charge in [0.1, 0.15) is 0 Å². The summed E-state index contributed by atoms with van der Waals surface area (Å²) in [5.74, 6) is -1.48. The topological polar surface area (TPSA) is 80.6 Å². The lowest BCUT2D eigenvalue weighted by Gasteiger charge is -1.96. The van der Waals surface area contributed by atoms with Crippen molar-refractivity contribution in [2.45, 2.75) is 6.42 Å². The van der Waals surface area contributed by atoms with E-state index in [1.165, 1.54) is 0 Å². The number of isocyanates is 1. The minimum atomic E-state index is -3.07. The Balaban J connectivity index is 2.71. The summed E-state index contributed by atoms with van der Waals surface area (Å²) in [5, 5.41) is 0. The molecular formula is C6H7NO4S. The zero-order valence-corrected chi connectivity index (χ0v) is 7.00. The van der Waals surface area contributed by atoms with E-state index in [1.807, 2.05) is 0 Å². The van der Waals surface area contributed by atoms with Gasteiger partial charge in [0, 0.05) is 0 Å². The van der Waals surface area contributed by atoms with E-state index in [9.17, 15) is 18.0 Å². The molecule has 0 aromatic carbocycles. The third-order valence-electron chi connectivity index (χ3n) is 1.74. The molecular weight excluding hydrogens is 182 g/mol. The number of nitrogens with zero attached hydrogens (tertiary/aromatic N) is 1. The van der Waals surface area contributed by atoms with Crippen molar-refractivity contribution in [2.75, 3.05) is 11.5 Å². The Morgan fingerprint density at radius 2 is 2.17 bits per heavy atom. The molecule has 0 N–H and O–H groups in total. The van der Waals surface area contributed by atoms with Crippen molar-refractivity contribution >= 4 is 21.8 Å². The summed E-state index contributed by atoms with van der Waals surface area (Å²) in [4.78, 5) is 23.4. The third-order valence-corrected chi connectivity index (χ3v) is 3.51. The number of hydrogen-bond acceptors (Lipinski definition) is 4. The molecule has 0 aliphatic carbocycles. The van der Waals surface area contributed by atoms with Gasteiger partial charge in [-0.05, 0) is 6.42 Å². The molecule has 0 radical (unpaired) electrons. The molecule has 6 heteroatoms. The van der Waals surface area contributed by atoms with Crippen molar-refractivity contribution in [3.05, 3.63) is 0 Å². The molecule has 0 aromatic heterocycles. The van der Waals surface area contributed by atoms with Gasteiger partial charge in [0.15, 0.2) is 9.84 Å². The van der Waals surface area contributed by atoms with Crippen LogP contribution in [-0.4, -0.2) is 31.9 Å². The second-order valence-corrected chi connectivity index (χ2v) is 4.87. The zero-order chi connectivity index (χ0) is 9.19. The number of carbonyl (C=O) groups is 1. The van der Waals surface area contributed by atoms with Crippen LogP contribution in [0.25, 0.3) is 0 Å². The molecule has 1 fully saturated rings. The largest absolute Gasteiger partial charge is 0.271 e. The lowest BCUT2D eigenvalue weighted by Crippen LogP contribution is -2.13. The molecule has 0 spiro atoms. The van der Waals surface area contributed by atoms with Gasteiger partial charge in [-0.15, -0.1) is 4.99 Å². The summed E-state index contributed by atoms with van der Waals surface area (Å²) in [6.45, 7) is 0. The Morgan fingerprint density at radius 1 is 1.50 bits per heavy atom. The molecule has 1 atom stereocenters. The fourth-order valence-electron chi connectivity index (χ4n) is 1.13. The fraction of sp³-hybridized carbons (Fsp3) is 0.667. The molecule has 66 valence electrons. The van der Waals surface area contributed by atoms with Crippen LogP contribution in [0.3, 0.4) is 0 Å². The van der Waals surface area contributed by atoms with E-state index in [4.69, 9.17) is 0 Å². The first kappa shape index (κ1) is 9.09. The molecule has 12 heavy (non-hydrogen) atoms. The first-order chi connectivity index (χ1) is 5.55. The molecule has 1 unspecified atom stereocenters. The van der Waals surface area contributed by atoms with E-state index in [-0.39, 0.29) is 17.9 Å². The molecule has 0 bridgehead atoms. The Kier molecular flexibility index (Phi) is 2.40. The zero-order valence-electron chi connectivity index (χ0n) is 6.19. The monoisotopic (exact) mass is 189 g/mol. The molecule has 1 aliphatic rings. The number of aliphatic imine (C=N–C) groups is 1. The molecule has 1 saturated heterocycles. The standard InChI is InChI=1S/C6H7NO4S/c8-4-7-6(9)5-1-2-12(10,11)3-5/h5H,1-3H2. The molecule has 0 aromatic rings. The van der Waals surface area contributed by atoms with Crippen LogP contribution < -0.4 is 0 Å². The van der Waals surface area contributed by atoms with Crippen molar-refractivity contribution in [3.63, 3.8) is 0 Å². The second kappa shape index (κ2) is 3.16. The van der Waals surface area contributed by atoms with Gasteiger partial charge in [-0.25, -0.2) is 13.2 Å². The second-order valence-electron chi connectivity index (χ2n) is 2.64. The van der Waals surface area contributed by atoms with Gasteiger partial charge in [-0.2, -0.15) is 0 Å². The summed E-state index contributed by atoms with van der Waals surface area (Å²) in [6, 6.07) is 0. The molecule has 1 amide bonds. The molecule has 1 aliphatic heterocycles. The first-order valence-corrected chi connectivity index (χ1v) is 5.19. The highest BCUT2D eigenvalue weighted by molar-refractivity contribution is 7.91. The SMILES string of the molecule is O=C=NC(=O)C1CCS(=O)(=O)C1. The minimum Gasteiger partial charge on any atom is -0.271 e. The van der Waals surface area contributed by atoms with E-state index in [0.717, 1.165) is 6.08 Å². The van der Waals surface area contributed by atoms with Gasteiger partial charge in [0.05, 0.1) is 17.4 Å². The van der Waals surface area contributed by atoms with Crippen molar-refractivity contribution in [3.8, 4) is 0 Å². The number of hydrogen-bond donors (Lipinski definition) is 0. The Labute approximate surface area is 69.4 Å².